The molecule has 2 aromatic rings. The van der Waals surface area contributed by atoms with Gasteiger partial charge in [-0.1, -0.05) is 18.2 Å². The number of aryl methyl sites for hydroxylation is 1. The van der Waals surface area contributed by atoms with Crippen molar-refractivity contribution in [3.63, 3.8) is 0 Å². The maximum Gasteiger partial charge on any atom is 0.336 e. The first-order valence-electron chi connectivity index (χ1n) is 11.2. The molecule has 4 rings (SSSR count). The average molecular weight is 488 g/mol. The molecule has 1 atom stereocenters. The summed E-state index contributed by atoms with van der Waals surface area (Å²) >= 11 is 0. The number of fused-ring (bicyclic) bond motifs is 1. The van der Waals surface area contributed by atoms with Gasteiger partial charge in [0.2, 0.25) is 17.6 Å². The number of imide groups is 1. The number of piperidine rings is 1. The molecule has 2 heterocycles. The fraction of sp³-hybridized carbons (Fsp3) is 0.360. The van der Waals surface area contributed by atoms with Crippen molar-refractivity contribution >= 4 is 23.5 Å². The van der Waals surface area contributed by atoms with Crippen molar-refractivity contribution in [2.45, 2.75) is 51.1 Å². The highest BCUT2D eigenvalue weighted by molar-refractivity contribution is 6.05. The molecule has 0 spiro atoms. The molecule has 3 amide bonds. The van der Waals surface area contributed by atoms with Crippen molar-refractivity contribution in [1.82, 2.24) is 10.2 Å². The van der Waals surface area contributed by atoms with Crippen LogP contribution in [0.5, 0.6) is 5.75 Å². The molecule has 0 radical (unpaired) electrons. The summed E-state index contributed by atoms with van der Waals surface area (Å²) in [5.41, 5.74) is 0.447. The molecule has 1 unspecified atom stereocenters. The zero-order chi connectivity index (χ0) is 25.3. The van der Waals surface area contributed by atoms with E-state index >= 15 is 0 Å². The van der Waals surface area contributed by atoms with Crippen LogP contribution in [-0.4, -0.2) is 41.1 Å². The number of rotatable bonds is 8. The molecule has 1 fully saturated rings. The maximum atomic E-state index is 14.9. The number of carbonyl (C=O) groups excluding carboxylic acids is 4. The standard InChI is InChI=1S/C25H23F3N2O5/c1-2-35-19-5-3-4-17(26)22(19)25(27,28)20(31)10-7-14-6-8-16-15(12-14)13-30(24(16)34)18-9-11-21(32)29-23(18)33/h3-6,8,12,18H,2,7,9-11,13H2,1H3,(H,29,32,33). The van der Waals surface area contributed by atoms with E-state index in [0.29, 0.717) is 16.7 Å². The zero-order valence-electron chi connectivity index (χ0n) is 18.9. The Labute approximate surface area is 199 Å². The van der Waals surface area contributed by atoms with Crippen molar-refractivity contribution in [2.24, 2.45) is 0 Å². The number of Topliss-reactive ketones (excluding diaryl/α,β-unsaturated/α-hetero) is 1. The van der Waals surface area contributed by atoms with Gasteiger partial charge in [0.15, 0.2) is 0 Å². The number of nitrogens with one attached hydrogen (secondary N) is 1. The molecule has 2 aliphatic rings. The Morgan fingerprint density at radius 1 is 1.20 bits per heavy atom. The maximum absolute atomic E-state index is 14.9. The van der Waals surface area contributed by atoms with Crippen LogP contribution in [0.15, 0.2) is 36.4 Å². The van der Waals surface area contributed by atoms with E-state index in [1.807, 2.05) is 0 Å². The third-order valence-corrected chi connectivity index (χ3v) is 6.17. The predicted octanol–water partition coefficient (Wildman–Crippen LogP) is 3.28. The highest BCUT2D eigenvalue weighted by Crippen LogP contribution is 2.39. The van der Waals surface area contributed by atoms with Crippen LogP contribution < -0.4 is 10.1 Å². The van der Waals surface area contributed by atoms with E-state index < -0.39 is 41.5 Å². The summed E-state index contributed by atoms with van der Waals surface area (Å²) in [4.78, 5) is 50.1. The summed E-state index contributed by atoms with van der Waals surface area (Å²) < 4.78 is 49.1. The van der Waals surface area contributed by atoms with Crippen molar-refractivity contribution in [3.8, 4) is 5.75 Å². The van der Waals surface area contributed by atoms with Gasteiger partial charge >= 0.3 is 5.92 Å². The van der Waals surface area contributed by atoms with Gasteiger partial charge in [0.25, 0.3) is 5.91 Å². The second kappa shape index (κ2) is 9.52. The van der Waals surface area contributed by atoms with Crippen molar-refractivity contribution < 1.29 is 37.1 Å². The largest absolute Gasteiger partial charge is 0.493 e. The molecule has 1 saturated heterocycles. The normalized spacial score (nSPS) is 17.9. The molecule has 184 valence electrons. The Bertz CT molecular complexity index is 1210. The number of benzene rings is 2. The number of amides is 3. The third kappa shape index (κ3) is 4.65. The van der Waals surface area contributed by atoms with E-state index in [9.17, 15) is 32.3 Å². The zero-order valence-corrected chi connectivity index (χ0v) is 18.9. The minimum absolute atomic E-state index is 0.0322. The third-order valence-electron chi connectivity index (χ3n) is 6.17. The summed E-state index contributed by atoms with van der Waals surface area (Å²) in [5.74, 6) is -8.41. The minimum atomic E-state index is -4.08. The van der Waals surface area contributed by atoms with Crippen LogP contribution in [0.4, 0.5) is 13.2 Å². The Morgan fingerprint density at radius 3 is 2.69 bits per heavy atom. The van der Waals surface area contributed by atoms with Crippen LogP contribution >= 0.6 is 0 Å². The molecule has 0 aliphatic carbocycles. The van der Waals surface area contributed by atoms with Crippen molar-refractivity contribution in [3.05, 3.63) is 64.5 Å². The number of ketones is 1. The Hall–Kier alpha value is -3.69. The number of hydrogen-bond acceptors (Lipinski definition) is 5. The van der Waals surface area contributed by atoms with E-state index in [2.05, 4.69) is 5.32 Å². The van der Waals surface area contributed by atoms with Gasteiger partial charge in [-0.25, -0.2) is 4.39 Å². The number of hydrogen-bond donors (Lipinski definition) is 1. The van der Waals surface area contributed by atoms with E-state index in [-0.39, 0.29) is 50.0 Å². The van der Waals surface area contributed by atoms with Gasteiger partial charge in [-0.05, 0) is 49.1 Å². The molecule has 0 saturated carbocycles. The van der Waals surface area contributed by atoms with E-state index in [4.69, 9.17) is 4.74 Å². The summed E-state index contributed by atoms with van der Waals surface area (Å²) in [6.07, 6.45) is -0.255. The monoisotopic (exact) mass is 488 g/mol. The number of halogens is 3. The molecule has 0 aromatic heterocycles. The van der Waals surface area contributed by atoms with Crippen LogP contribution in [0.1, 0.15) is 53.2 Å². The van der Waals surface area contributed by atoms with Gasteiger partial charge in [0.1, 0.15) is 23.2 Å². The topological polar surface area (TPSA) is 92.8 Å². The summed E-state index contributed by atoms with van der Waals surface area (Å²) in [5, 5.41) is 2.23. The summed E-state index contributed by atoms with van der Waals surface area (Å²) in [6, 6.07) is 7.24. The fourth-order valence-electron chi connectivity index (χ4n) is 4.42. The van der Waals surface area contributed by atoms with Gasteiger partial charge in [-0.15, -0.1) is 0 Å². The minimum Gasteiger partial charge on any atom is -0.493 e. The van der Waals surface area contributed by atoms with Crippen LogP contribution in [-0.2, 0) is 33.3 Å². The molecular weight excluding hydrogens is 465 g/mol. The number of nitrogens with zero attached hydrogens (tertiary/aromatic N) is 1. The first-order valence-corrected chi connectivity index (χ1v) is 11.2. The molecule has 35 heavy (non-hydrogen) atoms. The van der Waals surface area contributed by atoms with Gasteiger partial charge in [0.05, 0.1) is 6.61 Å². The lowest BCUT2D eigenvalue weighted by molar-refractivity contribution is -0.145. The highest BCUT2D eigenvalue weighted by atomic mass is 19.3. The Kier molecular flexibility index (Phi) is 6.64. The van der Waals surface area contributed by atoms with Crippen molar-refractivity contribution in [1.29, 1.82) is 0 Å². The van der Waals surface area contributed by atoms with Crippen LogP contribution in [0.3, 0.4) is 0 Å². The number of alkyl halides is 2. The molecule has 1 N–H and O–H groups in total. The second-order valence-corrected chi connectivity index (χ2v) is 8.44. The van der Waals surface area contributed by atoms with Gasteiger partial charge in [0, 0.05) is 24.9 Å². The quantitative estimate of drug-likeness (QED) is 0.576. The lowest BCUT2D eigenvalue weighted by Crippen LogP contribution is -2.52. The van der Waals surface area contributed by atoms with Gasteiger partial charge in [-0.2, -0.15) is 8.78 Å². The van der Waals surface area contributed by atoms with Crippen LogP contribution in [0.25, 0.3) is 0 Å². The molecule has 2 aliphatic heterocycles. The van der Waals surface area contributed by atoms with Gasteiger partial charge in [-0.3, -0.25) is 24.5 Å². The smallest absolute Gasteiger partial charge is 0.336 e. The van der Waals surface area contributed by atoms with E-state index in [1.165, 1.54) is 23.1 Å². The van der Waals surface area contributed by atoms with Gasteiger partial charge < -0.3 is 9.64 Å². The second-order valence-electron chi connectivity index (χ2n) is 8.44. The molecule has 10 heteroatoms. The van der Waals surface area contributed by atoms with E-state index in [1.54, 1.807) is 19.1 Å². The average Bonchev–Trinajstić information content (AvgIpc) is 3.13. The summed E-state index contributed by atoms with van der Waals surface area (Å²) in [6.45, 7) is 1.73. The fourth-order valence-corrected chi connectivity index (χ4v) is 4.42. The first-order chi connectivity index (χ1) is 16.6. The number of ether oxygens (including phenoxy) is 1. The first kappa shape index (κ1) is 24.4. The highest BCUT2D eigenvalue weighted by Gasteiger charge is 2.45. The Balaban J connectivity index is 1.46. The molecule has 7 nitrogen and oxygen atoms in total. The van der Waals surface area contributed by atoms with Crippen LogP contribution in [0.2, 0.25) is 0 Å². The van der Waals surface area contributed by atoms with Crippen molar-refractivity contribution in [2.75, 3.05) is 6.61 Å². The lowest BCUT2D eigenvalue weighted by Gasteiger charge is -2.29. The van der Waals surface area contributed by atoms with Crippen LogP contribution in [0, 0.1) is 5.82 Å². The van der Waals surface area contributed by atoms with E-state index in [0.717, 1.165) is 6.07 Å². The Morgan fingerprint density at radius 2 is 1.97 bits per heavy atom. The predicted molar refractivity (Wildman–Crippen MR) is 117 cm³/mol. The molecular formula is C25H23F3N2O5. The molecule has 2 aromatic carbocycles. The SMILES string of the molecule is CCOc1cccc(F)c1C(F)(F)C(=O)CCc1ccc2c(c1)CN(C1CCC(=O)NC1=O)C2=O. The summed E-state index contributed by atoms with van der Waals surface area (Å²) in [7, 11) is 0. The lowest BCUT2D eigenvalue weighted by atomic mass is 9.96. The number of carbonyl (C=O) groups is 4. The molecule has 0 bridgehead atoms.